The lowest BCUT2D eigenvalue weighted by Crippen LogP contribution is -2.40. The van der Waals surface area contributed by atoms with Crippen LogP contribution in [0.4, 0.5) is 10.1 Å². The van der Waals surface area contributed by atoms with Crippen LogP contribution in [0, 0.1) is 41.3 Å². The molecule has 6 atom stereocenters. The first kappa shape index (κ1) is 17.6. The molecule has 2 aromatic carbocycles. The summed E-state index contributed by atoms with van der Waals surface area (Å²) in [6, 6.07) is 11.9. The summed E-state index contributed by atoms with van der Waals surface area (Å²) in [6.07, 6.45) is 5.36. The maximum Gasteiger partial charge on any atom is 0.346 e. The smallest absolute Gasteiger partial charge is 0.346 e. The number of rotatable bonds is 3. The number of amides is 2. The number of halogens is 1. The zero-order valence-corrected chi connectivity index (χ0v) is 15.9. The highest BCUT2D eigenvalue weighted by atomic mass is 19.1. The van der Waals surface area contributed by atoms with Crippen molar-refractivity contribution in [1.29, 1.82) is 0 Å². The summed E-state index contributed by atoms with van der Waals surface area (Å²) in [5.41, 5.74) is 0.204. The number of ether oxygens (including phenoxy) is 1. The molecular formula is C24H18FNO4. The molecule has 7 rings (SSSR count). The topological polar surface area (TPSA) is 63.7 Å². The monoisotopic (exact) mass is 403 g/mol. The molecule has 0 spiro atoms. The summed E-state index contributed by atoms with van der Waals surface area (Å²) in [5, 5.41) is 0. The van der Waals surface area contributed by atoms with Crippen molar-refractivity contribution < 1.29 is 23.5 Å². The Labute approximate surface area is 172 Å². The highest BCUT2D eigenvalue weighted by Gasteiger charge is 2.67. The summed E-state index contributed by atoms with van der Waals surface area (Å²) < 4.78 is 19.2. The molecule has 4 aliphatic carbocycles. The third kappa shape index (κ3) is 2.36. The predicted octanol–water partition coefficient (Wildman–Crippen LogP) is 3.60. The van der Waals surface area contributed by atoms with Crippen molar-refractivity contribution in [1.82, 2.24) is 0 Å². The molecule has 1 aliphatic heterocycles. The van der Waals surface area contributed by atoms with Crippen molar-refractivity contribution in [2.24, 2.45) is 35.5 Å². The van der Waals surface area contributed by atoms with Gasteiger partial charge in [0.25, 0.3) is 0 Å². The van der Waals surface area contributed by atoms with E-state index in [1.54, 1.807) is 24.3 Å². The molecule has 0 aromatic heterocycles. The van der Waals surface area contributed by atoms with Crippen molar-refractivity contribution in [3.05, 3.63) is 72.1 Å². The lowest BCUT2D eigenvalue weighted by atomic mass is 9.63. The summed E-state index contributed by atoms with van der Waals surface area (Å²) in [6.45, 7) is 0. The van der Waals surface area contributed by atoms with E-state index < -0.39 is 11.8 Å². The van der Waals surface area contributed by atoms with Gasteiger partial charge in [0.2, 0.25) is 11.8 Å². The number of anilines is 1. The van der Waals surface area contributed by atoms with Gasteiger partial charge in [-0.3, -0.25) is 9.59 Å². The zero-order chi connectivity index (χ0) is 20.6. The SMILES string of the molecule is O=C(Oc1cccc(N2C(=O)[C@@H]3[C@H]4C=C[C@@H]([C@@H]5C[C@@H]45)[C@@H]3C2=O)c1)c1ccccc1F. The van der Waals surface area contributed by atoms with Crippen LogP contribution in [0.15, 0.2) is 60.7 Å². The average molecular weight is 403 g/mol. The second-order valence-electron chi connectivity index (χ2n) is 8.53. The maximum atomic E-state index is 13.9. The molecule has 5 nitrogen and oxygen atoms in total. The van der Waals surface area contributed by atoms with Gasteiger partial charge in [-0.2, -0.15) is 0 Å². The lowest BCUT2D eigenvalue weighted by Gasteiger charge is -2.37. The molecule has 30 heavy (non-hydrogen) atoms. The molecule has 1 heterocycles. The number of benzene rings is 2. The number of imide groups is 1. The van der Waals surface area contributed by atoms with Gasteiger partial charge in [0.05, 0.1) is 23.1 Å². The van der Waals surface area contributed by atoms with Crippen molar-refractivity contribution in [2.75, 3.05) is 4.90 Å². The Morgan fingerprint density at radius 2 is 1.60 bits per heavy atom. The van der Waals surface area contributed by atoms with E-state index in [9.17, 15) is 18.8 Å². The van der Waals surface area contributed by atoms with E-state index in [1.807, 2.05) is 0 Å². The third-order valence-electron chi connectivity index (χ3n) is 7.04. The molecule has 1 saturated heterocycles. The van der Waals surface area contributed by atoms with Gasteiger partial charge in [-0.15, -0.1) is 0 Å². The Balaban J connectivity index is 1.29. The van der Waals surface area contributed by atoms with E-state index in [-0.39, 0.29) is 46.8 Å². The van der Waals surface area contributed by atoms with E-state index in [0.717, 1.165) is 6.42 Å². The molecular weight excluding hydrogens is 385 g/mol. The van der Waals surface area contributed by atoms with E-state index in [0.29, 0.717) is 17.5 Å². The van der Waals surface area contributed by atoms with Crippen LogP contribution in [0.1, 0.15) is 16.8 Å². The number of hydrogen-bond donors (Lipinski definition) is 0. The first-order valence-electron chi connectivity index (χ1n) is 10.2. The van der Waals surface area contributed by atoms with Crippen LogP contribution >= 0.6 is 0 Å². The first-order chi connectivity index (χ1) is 14.5. The Bertz CT molecular complexity index is 1110. The molecule has 5 aliphatic rings. The average Bonchev–Trinajstić information content (AvgIpc) is 3.52. The molecule has 2 saturated carbocycles. The van der Waals surface area contributed by atoms with Crippen LogP contribution in [0.25, 0.3) is 0 Å². The molecule has 0 N–H and O–H groups in total. The van der Waals surface area contributed by atoms with Crippen molar-refractivity contribution in [2.45, 2.75) is 6.42 Å². The normalized spacial score (nSPS) is 32.8. The van der Waals surface area contributed by atoms with Crippen LogP contribution in [0.3, 0.4) is 0 Å². The van der Waals surface area contributed by atoms with E-state index in [4.69, 9.17) is 4.74 Å². The molecule has 0 unspecified atom stereocenters. The minimum Gasteiger partial charge on any atom is -0.423 e. The molecule has 0 radical (unpaired) electrons. The van der Waals surface area contributed by atoms with Gasteiger partial charge < -0.3 is 4.74 Å². The first-order valence-corrected chi connectivity index (χ1v) is 10.2. The standard InChI is InChI=1S/C24H18FNO4/c25-19-7-2-1-6-16(19)24(29)30-13-5-3-4-12(10-13)26-22(27)20-14-8-9-15(18-11-17(14)18)21(20)23(26)28/h1-10,14-15,17-18,20-21H,11H2/t14-,15-,17-,18-,20-,21+/m0/s1. The maximum absolute atomic E-state index is 13.9. The summed E-state index contributed by atoms with van der Waals surface area (Å²) >= 11 is 0. The second-order valence-corrected chi connectivity index (χ2v) is 8.53. The fraction of sp³-hybridized carbons (Fsp3) is 0.292. The molecule has 6 heteroatoms. The lowest BCUT2D eigenvalue weighted by molar-refractivity contribution is -0.124. The van der Waals surface area contributed by atoms with E-state index in [1.165, 1.54) is 29.2 Å². The van der Waals surface area contributed by atoms with Crippen LogP contribution in [0.2, 0.25) is 0 Å². The largest absolute Gasteiger partial charge is 0.423 e. The minimum atomic E-state index is -0.833. The Morgan fingerprint density at radius 1 is 0.933 bits per heavy atom. The quantitative estimate of drug-likeness (QED) is 0.340. The van der Waals surface area contributed by atoms with E-state index in [2.05, 4.69) is 12.2 Å². The van der Waals surface area contributed by atoms with Gasteiger partial charge in [0.1, 0.15) is 11.6 Å². The fourth-order valence-electron chi connectivity index (χ4n) is 5.69. The van der Waals surface area contributed by atoms with E-state index >= 15 is 0 Å². The number of nitrogens with zero attached hydrogens (tertiary/aromatic N) is 1. The third-order valence-corrected chi connectivity index (χ3v) is 7.04. The molecule has 150 valence electrons. The summed E-state index contributed by atoms with van der Waals surface area (Å²) in [5.74, 6) is -0.921. The van der Waals surface area contributed by atoms with Crippen LogP contribution in [-0.4, -0.2) is 17.8 Å². The number of carbonyl (C=O) groups is 3. The molecule has 2 aromatic rings. The van der Waals surface area contributed by atoms with Gasteiger partial charge in [-0.05, 0) is 54.4 Å². The van der Waals surface area contributed by atoms with Gasteiger partial charge in [0.15, 0.2) is 0 Å². The Kier molecular flexibility index (Phi) is 3.58. The predicted molar refractivity (Wildman–Crippen MR) is 105 cm³/mol. The highest BCUT2D eigenvalue weighted by molar-refractivity contribution is 6.22. The number of allylic oxidation sites excluding steroid dienone is 2. The fourth-order valence-corrected chi connectivity index (χ4v) is 5.69. The van der Waals surface area contributed by atoms with Crippen LogP contribution in [0.5, 0.6) is 5.75 Å². The van der Waals surface area contributed by atoms with Crippen LogP contribution < -0.4 is 9.64 Å². The number of hydrogen-bond acceptors (Lipinski definition) is 4. The number of carbonyl (C=O) groups excluding carboxylic acids is 3. The minimum absolute atomic E-state index is 0.147. The van der Waals surface area contributed by atoms with Gasteiger partial charge in [-0.25, -0.2) is 14.1 Å². The van der Waals surface area contributed by atoms with Crippen molar-refractivity contribution >= 4 is 23.5 Å². The summed E-state index contributed by atoms with van der Waals surface area (Å²) in [4.78, 5) is 40.0. The Hall–Kier alpha value is -3.28. The molecule has 2 bridgehead atoms. The number of esters is 1. The second kappa shape index (κ2) is 6.11. The van der Waals surface area contributed by atoms with Crippen molar-refractivity contribution in [3.63, 3.8) is 0 Å². The Morgan fingerprint density at radius 3 is 2.27 bits per heavy atom. The zero-order valence-electron chi connectivity index (χ0n) is 15.9. The molecule has 3 fully saturated rings. The van der Waals surface area contributed by atoms with Gasteiger partial charge >= 0.3 is 5.97 Å². The van der Waals surface area contributed by atoms with Crippen LogP contribution in [-0.2, 0) is 9.59 Å². The van der Waals surface area contributed by atoms with Crippen molar-refractivity contribution in [3.8, 4) is 5.75 Å². The highest BCUT2D eigenvalue weighted by Crippen LogP contribution is 2.65. The van der Waals surface area contributed by atoms with Gasteiger partial charge in [-0.1, -0.05) is 30.4 Å². The van der Waals surface area contributed by atoms with Gasteiger partial charge in [0, 0.05) is 6.07 Å². The summed E-state index contributed by atoms with van der Waals surface area (Å²) in [7, 11) is 0. The molecule has 2 amide bonds.